The Balaban J connectivity index is 2.15. The Kier molecular flexibility index (Phi) is 4.75. The van der Waals surface area contributed by atoms with E-state index in [0.717, 1.165) is 11.3 Å². The average Bonchev–Trinajstić information content (AvgIpc) is 2.61. The topological polar surface area (TPSA) is 12.9 Å². The van der Waals surface area contributed by atoms with Gasteiger partial charge in [-0.1, -0.05) is 90.1 Å². The molecule has 0 saturated carbocycles. The fourth-order valence-electron chi connectivity index (χ4n) is 3.04. The molecule has 0 bridgehead atoms. The molecule has 0 aliphatic rings. The second kappa shape index (κ2) is 6.72. The fourth-order valence-corrected chi connectivity index (χ4v) is 3.04. The van der Waals surface area contributed by atoms with Crippen LogP contribution in [0.25, 0.3) is 22.4 Å². The van der Waals surface area contributed by atoms with E-state index in [2.05, 4.69) is 101 Å². The van der Waals surface area contributed by atoms with Crippen LogP contribution in [0.3, 0.4) is 0 Å². The molecule has 1 heteroatoms. The highest BCUT2D eigenvalue weighted by Crippen LogP contribution is 2.34. The number of aromatic nitrogens is 1. The summed E-state index contributed by atoms with van der Waals surface area (Å²) in [5.74, 6) is 0. The standard InChI is InChI=1S/C25H29N/c1-24(2,3)21-14-20(15-22(17-21)25(4,5)6)19-12-13-26-23(16-19)18-10-8-7-9-11-18/h7-17H,1-6H3. The number of hydrogen-bond acceptors (Lipinski definition) is 1. The molecule has 26 heavy (non-hydrogen) atoms. The third kappa shape index (κ3) is 4.04. The third-order valence-electron chi connectivity index (χ3n) is 4.83. The molecule has 2 aromatic carbocycles. The van der Waals surface area contributed by atoms with Crippen LogP contribution in [0.1, 0.15) is 52.7 Å². The van der Waals surface area contributed by atoms with E-state index >= 15 is 0 Å². The van der Waals surface area contributed by atoms with Gasteiger partial charge in [0.2, 0.25) is 0 Å². The van der Waals surface area contributed by atoms with Gasteiger partial charge in [0.05, 0.1) is 5.69 Å². The molecule has 134 valence electrons. The largest absolute Gasteiger partial charge is 0.256 e. The minimum Gasteiger partial charge on any atom is -0.256 e. The van der Waals surface area contributed by atoms with Crippen LogP contribution >= 0.6 is 0 Å². The highest BCUT2D eigenvalue weighted by molar-refractivity contribution is 5.71. The maximum atomic E-state index is 4.58. The first-order chi connectivity index (χ1) is 12.1. The van der Waals surface area contributed by atoms with Gasteiger partial charge in [-0.2, -0.15) is 0 Å². The second-order valence-electron chi connectivity index (χ2n) is 9.09. The van der Waals surface area contributed by atoms with Crippen LogP contribution in [0, 0.1) is 0 Å². The number of nitrogens with zero attached hydrogens (tertiary/aromatic N) is 1. The maximum Gasteiger partial charge on any atom is 0.0708 e. The lowest BCUT2D eigenvalue weighted by atomic mass is 9.79. The van der Waals surface area contributed by atoms with Crippen LogP contribution in [0.15, 0.2) is 66.9 Å². The predicted octanol–water partition coefficient (Wildman–Crippen LogP) is 7.01. The van der Waals surface area contributed by atoms with E-state index in [1.807, 2.05) is 12.3 Å². The molecular formula is C25H29N. The summed E-state index contributed by atoms with van der Waals surface area (Å²) >= 11 is 0. The smallest absolute Gasteiger partial charge is 0.0708 e. The Bertz CT molecular complexity index is 861. The van der Waals surface area contributed by atoms with Gasteiger partial charge in [0.25, 0.3) is 0 Å². The van der Waals surface area contributed by atoms with Crippen molar-refractivity contribution >= 4 is 0 Å². The monoisotopic (exact) mass is 343 g/mol. The molecule has 3 rings (SSSR count). The summed E-state index contributed by atoms with van der Waals surface area (Å²) in [5.41, 5.74) is 7.63. The predicted molar refractivity (Wildman–Crippen MR) is 113 cm³/mol. The van der Waals surface area contributed by atoms with Gasteiger partial charge in [0.1, 0.15) is 0 Å². The summed E-state index contributed by atoms with van der Waals surface area (Å²) in [7, 11) is 0. The number of rotatable bonds is 2. The van der Waals surface area contributed by atoms with Gasteiger partial charge in [-0.05, 0) is 45.2 Å². The van der Waals surface area contributed by atoms with Crippen LogP contribution in [-0.4, -0.2) is 4.98 Å². The molecule has 0 aliphatic carbocycles. The molecule has 0 radical (unpaired) electrons. The van der Waals surface area contributed by atoms with Crippen molar-refractivity contribution in [2.75, 3.05) is 0 Å². The lowest BCUT2D eigenvalue weighted by Gasteiger charge is -2.26. The van der Waals surface area contributed by atoms with E-state index in [9.17, 15) is 0 Å². The molecule has 0 spiro atoms. The van der Waals surface area contributed by atoms with Gasteiger partial charge in [-0.25, -0.2) is 0 Å². The molecule has 0 atom stereocenters. The maximum absolute atomic E-state index is 4.58. The van der Waals surface area contributed by atoms with Crippen molar-refractivity contribution in [3.63, 3.8) is 0 Å². The molecule has 1 heterocycles. The molecular weight excluding hydrogens is 314 g/mol. The Morgan fingerprint density at radius 1 is 0.577 bits per heavy atom. The summed E-state index contributed by atoms with van der Waals surface area (Å²) < 4.78 is 0. The minimum atomic E-state index is 0.116. The molecule has 3 aromatic rings. The Morgan fingerprint density at radius 2 is 1.15 bits per heavy atom. The van der Waals surface area contributed by atoms with Crippen molar-refractivity contribution < 1.29 is 0 Å². The number of pyridine rings is 1. The molecule has 0 amide bonds. The summed E-state index contributed by atoms with van der Waals surface area (Å²) in [6.07, 6.45) is 1.91. The molecule has 0 unspecified atom stereocenters. The van der Waals surface area contributed by atoms with Crippen LogP contribution in [0.4, 0.5) is 0 Å². The summed E-state index contributed by atoms with van der Waals surface area (Å²) in [6.45, 7) is 13.7. The minimum absolute atomic E-state index is 0.116. The van der Waals surface area contributed by atoms with Crippen LogP contribution < -0.4 is 0 Å². The zero-order valence-corrected chi connectivity index (χ0v) is 16.8. The normalized spacial score (nSPS) is 12.2. The number of hydrogen-bond donors (Lipinski definition) is 0. The van der Waals surface area contributed by atoms with Gasteiger partial charge in [-0.3, -0.25) is 4.98 Å². The van der Waals surface area contributed by atoms with Crippen molar-refractivity contribution in [2.45, 2.75) is 52.4 Å². The first-order valence-corrected chi connectivity index (χ1v) is 9.32. The molecule has 0 fully saturated rings. The van der Waals surface area contributed by atoms with Crippen molar-refractivity contribution in [2.24, 2.45) is 0 Å². The third-order valence-corrected chi connectivity index (χ3v) is 4.83. The average molecular weight is 344 g/mol. The highest BCUT2D eigenvalue weighted by Gasteiger charge is 2.21. The molecule has 1 aromatic heterocycles. The van der Waals surface area contributed by atoms with Crippen LogP contribution in [0.5, 0.6) is 0 Å². The van der Waals surface area contributed by atoms with Crippen LogP contribution in [0.2, 0.25) is 0 Å². The Morgan fingerprint density at radius 3 is 1.69 bits per heavy atom. The second-order valence-corrected chi connectivity index (χ2v) is 9.09. The van der Waals surface area contributed by atoms with Gasteiger partial charge < -0.3 is 0 Å². The SMILES string of the molecule is CC(C)(C)c1cc(-c2ccnc(-c3ccccc3)c2)cc(C(C)(C)C)c1. The van der Waals surface area contributed by atoms with E-state index in [0.29, 0.717) is 0 Å². The van der Waals surface area contributed by atoms with E-state index in [4.69, 9.17) is 0 Å². The molecule has 0 saturated heterocycles. The van der Waals surface area contributed by atoms with Gasteiger partial charge in [0, 0.05) is 11.8 Å². The first-order valence-electron chi connectivity index (χ1n) is 9.32. The zero-order chi connectivity index (χ0) is 18.9. The Labute approximate surface area is 158 Å². The van der Waals surface area contributed by atoms with Crippen molar-refractivity contribution in [3.05, 3.63) is 78.0 Å². The zero-order valence-electron chi connectivity index (χ0n) is 16.8. The van der Waals surface area contributed by atoms with E-state index in [1.54, 1.807) is 0 Å². The summed E-state index contributed by atoms with van der Waals surface area (Å²) in [5, 5.41) is 0. The Hall–Kier alpha value is -2.41. The summed E-state index contributed by atoms with van der Waals surface area (Å²) in [4.78, 5) is 4.58. The van der Waals surface area contributed by atoms with Gasteiger partial charge in [0.15, 0.2) is 0 Å². The quantitative estimate of drug-likeness (QED) is 0.487. The van der Waals surface area contributed by atoms with E-state index in [-0.39, 0.29) is 10.8 Å². The molecule has 1 nitrogen and oxygen atoms in total. The van der Waals surface area contributed by atoms with Gasteiger partial charge >= 0.3 is 0 Å². The van der Waals surface area contributed by atoms with E-state index < -0.39 is 0 Å². The highest BCUT2D eigenvalue weighted by atomic mass is 14.7. The van der Waals surface area contributed by atoms with Crippen LogP contribution in [-0.2, 0) is 10.8 Å². The summed E-state index contributed by atoms with van der Waals surface area (Å²) in [6, 6.07) is 21.7. The molecule has 0 aliphatic heterocycles. The fraction of sp³-hybridized carbons (Fsp3) is 0.320. The number of benzene rings is 2. The van der Waals surface area contributed by atoms with Crippen molar-refractivity contribution in [3.8, 4) is 22.4 Å². The van der Waals surface area contributed by atoms with Gasteiger partial charge in [-0.15, -0.1) is 0 Å². The first kappa shape index (κ1) is 18.4. The van der Waals surface area contributed by atoms with Crippen molar-refractivity contribution in [1.29, 1.82) is 0 Å². The van der Waals surface area contributed by atoms with Crippen molar-refractivity contribution in [1.82, 2.24) is 4.98 Å². The molecule has 0 N–H and O–H groups in total. The lowest BCUT2D eigenvalue weighted by molar-refractivity contribution is 0.569. The van der Waals surface area contributed by atoms with E-state index in [1.165, 1.54) is 22.3 Å². The lowest BCUT2D eigenvalue weighted by Crippen LogP contribution is -2.16.